The van der Waals surface area contributed by atoms with Crippen molar-refractivity contribution in [3.8, 4) is 17.2 Å². The molecule has 0 atom stereocenters. The lowest BCUT2D eigenvalue weighted by Gasteiger charge is -2.08. The molecule has 0 saturated carbocycles. The average molecular weight is 354 g/mol. The number of methoxy groups -OCH3 is 2. The molecule has 0 aliphatic heterocycles. The van der Waals surface area contributed by atoms with E-state index in [0.717, 1.165) is 5.56 Å². The maximum atomic E-state index is 12.0. The molecule has 2 aromatic rings. The number of phenols is 1. The zero-order valence-electron chi connectivity index (χ0n) is 14.3. The molecule has 0 aliphatic carbocycles. The van der Waals surface area contributed by atoms with Crippen LogP contribution in [0.15, 0.2) is 54.6 Å². The molecule has 6 nitrogen and oxygen atoms in total. The van der Waals surface area contributed by atoms with Crippen LogP contribution in [0.5, 0.6) is 17.2 Å². The van der Waals surface area contributed by atoms with Crippen LogP contribution in [0, 0.1) is 0 Å². The van der Waals surface area contributed by atoms with Crippen LogP contribution in [0.2, 0.25) is 0 Å². The Morgan fingerprint density at radius 3 is 2.12 bits per heavy atom. The predicted molar refractivity (Wildman–Crippen MR) is 96.8 cm³/mol. The van der Waals surface area contributed by atoms with Gasteiger partial charge in [-0.2, -0.15) is 0 Å². The number of esters is 2. The van der Waals surface area contributed by atoms with Crippen LogP contribution in [0.25, 0.3) is 12.2 Å². The van der Waals surface area contributed by atoms with Crippen molar-refractivity contribution in [3.05, 3.63) is 65.7 Å². The summed E-state index contributed by atoms with van der Waals surface area (Å²) in [6.45, 7) is 0. The summed E-state index contributed by atoms with van der Waals surface area (Å²) in [5, 5.41) is 9.23. The molecule has 0 bridgehead atoms. The fourth-order valence-corrected chi connectivity index (χ4v) is 2.00. The van der Waals surface area contributed by atoms with Crippen molar-refractivity contribution >= 4 is 24.1 Å². The number of rotatable bonds is 6. The van der Waals surface area contributed by atoms with E-state index in [0.29, 0.717) is 11.3 Å². The highest BCUT2D eigenvalue weighted by Crippen LogP contribution is 2.28. The number of hydrogen-bond acceptors (Lipinski definition) is 6. The maximum Gasteiger partial charge on any atom is 0.336 e. The van der Waals surface area contributed by atoms with E-state index in [1.54, 1.807) is 42.5 Å². The summed E-state index contributed by atoms with van der Waals surface area (Å²) in [6, 6.07) is 11.3. The molecular formula is C20H18O6. The number of carbonyl (C=O) groups excluding carboxylic acids is 2. The lowest BCUT2D eigenvalue weighted by atomic mass is 10.2. The molecule has 2 rings (SSSR count). The van der Waals surface area contributed by atoms with Gasteiger partial charge in [0.1, 0.15) is 5.75 Å². The molecule has 26 heavy (non-hydrogen) atoms. The van der Waals surface area contributed by atoms with Crippen LogP contribution >= 0.6 is 0 Å². The summed E-state index contributed by atoms with van der Waals surface area (Å²) in [7, 11) is 2.74. The topological polar surface area (TPSA) is 82.1 Å². The summed E-state index contributed by atoms with van der Waals surface area (Å²) < 4.78 is 15.0. The zero-order valence-corrected chi connectivity index (χ0v) is 14.3. The van der Waals surface area contributed by atoms with Crippen LogP contribution in [0.1, 0.15) is 11.1 Å². The van der Waals surface area contributed by atoms with Crippen molar-refractivity contribution in [2.24, 2.45) is 0 Å². The Morgan fingerprint density at radius 1 is 0.846 bits per heavy atom. The second kappa shape index (κ2) is 9.08. The number of phenolic OH excluding ortho intramolecular Hbond substituents is 1. The minimum absolute atomic E-state index is 0.149. The van der Waals surface area contributed by atoms with Crippen LogP contribution in [-0.2, 0) is 14.3 Å². The average Bonchev–Trinajstić information content (AvgIpc) is 2.66. The number of aromatic hydroxyl groups is 1. The van der Waals surface area contributed by atoms with E-state index in [9.17, 15) is 14.7 Å². The lowest BCUT2D eigenvalue weighted by molar-refractivity contribution is -0.134. The lowest BCUT2D eigenvalue weighted by Crippen LogP contribution is -2.05. The van der Waals surface area contributed by atoms with Crippen molar-refractivity contribution in [1.29, 1.82) is 0 Å². The highest BCUT2D eigenvalue weighted by atomic mass is 16.6. The molecule has 0 unspecified atom stereocenters. The fourth-order valence-electron chi connectivity index (χ4n) is 2.00. The summed E-state index contributed by atoms with van der Waals surface area (Å²) in [4.78, 5) is 23.1. The standard InChI is InChI=1S/C20H18O6/c1-24-18-13-15(7-11-19(22)25-2)5-10-17(18)26-20(23)12-6-14-3-8-16(21)9-4-14/h3-13,21H,1-2H3/b11-7+,12-6+. The Bertz CT molecular complexity index is 834. The third-order valence-electron chi connectivity index (χ3n) is 3.32. The van der Waals surface area contributed by atoms with Gasteiger partial charge in [-0.25, -0.2) is 9.59 Å². The van der Waals surface area contributed by atoms with Gasteiger partial charge in [-0.15, -0.1) is 0 Å². The van der Waals surface area contributed by atoms with E-state index >= 15 is 0 Å². The van der Waals surface area contributed by atoms with Gasteiger partial charge >= 0.3 is 11.9 Å². The van der Waals surface area contributed by atoms with Crippen molar-refractivity contribution in [2.75, 3.05) is 14.2 Å². The SMILES string of the molecule is COC(=O)/C=C/c1ccc(OC(=O)/C=C/c2ccc(O)cc2)c(OC)c1. The van der Waals surface area contributed by atoms with E-state index in [2.05, 4.69) is 4.74 Å². The fraction of sp³-hybridized carbons (Fsp3) is 0.100. The molecule has 0 spiro atoms. The van der Waals surface area contributed by atoms with Crippen molar-refractivity contribution in [1.82, 2.24) is 0 Å². The van der Waals surface area contributed by atoms with Gasteiger partial charge in [0.2, 0.25) is 0 Å². The van der Waals surface area contributed by atoms with E-state index < -0.39 is 11.9 Å². The normalized spacial score (nSPS) is 10.8. The molecule has 2 aromatic carbocycles. The van der Waals surface area contributed by atoms with Crippen LogP contribution in [0.4, 0.5) is 0 Å². The van der Waals surface area contributed by atoms with Crippen LogP contribution in [0.3, 0.4) is 0 Å². The summed E-state index contributed by atoms with van der Waals surface area (Å²) in [5.74, 6) is -0.296. The second-order valence-corrected chi connectivity index (χ2v) is 5.11. The number of benzene rings is 2. The molecule has 0 amide bonds. The van der Waals surface area contributed by atoms with Gasteiger partial charge in [-0.05, 0) is 47.5 Å². The maximum absolute atomic E-state index is 12.0. The Hall–Kier alpha value is -3.54. The second-order valence-electron chi connectivity index (χ2n) is 5.11. The first-order valence-corrected chi connectivity index (χ1v) is 7.65. The van der Waals surface area contributed by atoms with Gasteiger partial charge < -0.3 is 19.3 Å². The Balaban J connectivity index is 2.08. The van der Waals surface area contributed by atoms with E-state index in [4.69, 9.17) is 9.47 Å². The zero-order chi connectivity index (χ0) is 18.9. The number of carbonyl (C=O) groups is 2. The van der Waals surface area contributed by atoms with E-state index in [1.165, 1.54) is 38.5 Å². The minimum Gasteiger partial charge on any atom is -0.508 e. The quantitative estimate of drug-likeness (QED) is 0.487. The highest BCUT2D eigenvalue weighted by molar-refractivity contribution is 5.89. The third kappa shape index (κ3) is 5.52. The number of hydrogen-bond donors (Lipinski definition) is 1. The van der Waals surface area contributed by atoms with Gasteiger partial charge in [0, 0.05) is 12.2 Å². The van der Waals surface area contributed by atoms with E-state index in [1.807, 2.05) is 0 Å². The first-order valence-electron chi connectivity index (χ1n) is 7.65. The van der Waals surface area contributed by atoms with Crippen molar-refractivity contribution < 1.29 is 28.9 Å². The first kappa shape index (κ1) is 18.8. The molecule has 0 heterocycles. The highest BCUT2D eigenvalue weighted by Gasteiger charge is 2.08. The molecule has 0 radical (unpaired) electrons. The molecule has 1 N–H and O–H groups in total. The largest absolute Gasteiger partial charge is 0.508 e. The van der Waals surface area contributed by atoms with Gasteiger partial charge in [-0.1, -0.05) is 18.2 Å². The van der Waals surface area contributed by atoms with Crippen molar-refractivity contribution in [3.63, 3.8) is 0 Å². The first-order chi connectivity index (χ1) is 12.5. The van der Waals surface area contributed by atoms with Gasteiger partial charge in [0.25, 0.3) is 0 Å². The molecule has 0 fully saturated rings. The molecule has 0 aliphatic rings. The molecule has 0 saturated heterocycles. The Kier molecular flexibility index (Phi) is 6.56. The van der Waals surface area contributed by atoms with Gasteiger partial charge in [0.15, 0.2) is 11.5 Å². The number of ether oxygens (including phenoxy) is 3. The predicted octanol–water partition coefficient (Wildman–Crippen LogP) is 3.21. The Morgan fingerprint density at radius 2 is 1.46 bits per heavy atom. The van der Waals surface area contributed by atoms with Crippen LogP contribution in [-0.4, -0.2) is 31.3 Å². The van der Waals surface area contributed by atoms with E-state index in [-0.39, 0.29) is 11.5 Å². The smallest absolute Gasteiger partial charge is 0.336 e. The Labute approximate surface area is 150 Å². The molecule has 6 heteroatoms. The van der Waals surface area contributed by atoms with Gasteiger partial charge in [-0.3, -0.25) is 0 Å². The molecular weight excluding hydrogens is 336 g/mol. The minimum atomic E-state index is -0.575. The molecule has 134 valence electrons. The van der Waals surface area contributed by atoms with Gasteiger partial charge in [0.05, 0.1) is 14.2 Å². The van der Waals surface area contributed by atoms with Crippen molar-refractivity contribution in [2.45, 2.75) is 0 Å². The molecule has 0 aromatic heterocycles. The summed E-state index contributed by atoms with van der Waals surface area (Å²) in [5.41, 5.74) is 1.43. The monoisotopic (exact) mass is 354 g/mol. The van der Waals surface area contributed by atoms with Crippen LogP contribution < -0.4 is 9.47 Å². The third-order valence-corrected chi connectivity index (χ3v) is 3.32. The summed E-state index contributed by atoms with van der Waals surface area (Å²) in [6.07, 6.45) is 5.68. The summed E-state index contributed by atoms with van der Waals surface area (Å²) >= 11 is 0.